The normalized spacial score (nSPS) is 14.7. The van der Waals surface area contributed by atoms with Gasteiger partial charge in [-0.1, -0.05) is 18.2 Å². The molecule has 4 rings (SSSR count). The summed E-state index contributed by atoms with van der Waals surface area (Å²) in [6.45, 7) is 4.52. The summed E-state index contributed by atoms with van der Waals surface area (Å²) in [6, 6.07) is 13.5. The molecule has 0 bridgehead atoms. The maximum atomic E-state index is 12.9. The van der Waals surface area contributed by atoms with Gasteiger partial charge >= 0.3 is 6.03 Å². The van der Waals surface area contributed by atoms with Gasteiger partial charge in [-0.05, 0) is 66.9 Å². The quantitative estimate of drug-likeness (QED) is 0.274. The molecule has 0 atom stereocenters. The number of methoxy groups -OCH3 is 1. The second-order valence-electron chi connectivity index (χ2n) is 8.16. The maximum absolute atomic E-state index is 12.9. The smallest absolute Gasteiger partial charge is 0.331 e. The number of rotatable bonds is 9. The zero-order chi connectivity index (χ0) is 25.7. The summed E-state index contributed by atoms with van der Waals surface area (Å²) in [5.74, 6) is 0.632. The highest BCUT2D eigenvalue weighted by Crippen LogP contribution is 2.29. The van der Waals surface area contributed by atoms with E-state index in [9.17, 15) is 14.4 Å². The van der Waals surface area contributed by atoms with Crippen molar-refractivity contribution < 1.29 is 33.0 Å². The van der Waals surface area contributed by atoms with E-state index in [2.05, 4.69) is 5.32 Å². The van der Waals surface area contributed by atoms with Crippen LogP contribution in [0, 0.1) is 13.8 Å². The van der Waals surface area contributed by atoms with Gasteiger partial charge in [-0.15, -0.1) is 0 Å². The van der Waals surface area contributed by atoms with Crippen LogP contribution in [0.1, 0.15) is 22.5 Å². The van der Waals surface area contributed by atoms with Crippen LogP contribution in [0.2, 0.25) is 0 Å². The topological polar surface area (TPSA) is 107 Å². The highest BCUT2D eigenvalue weighted by molar-refractivity contribution is 6.30. The summed E-state index contributed by atoms with van der Waals surface area (Å²) >= 11 is 0. The van der Waals surface area contributed by atoms with E-state index in [1.807, 2.05) is 32.0 Å². The Bertz CT molecular complexity index is 1310. The second-order valence-corrected chi connectivity index (χ2v) is 8.16. The number of furan rings is 1. The number of nitrogens with zero attached hydrogens (tertiary/aromatic N) is 1. The SMILES string of the molecule is COc1cc(C=C2C(=O)NC(=O)N(Cc3ccco3)C2=O)ccc1OCCOc1cc(C)ccc1C. The fourth-order valence-electron chi connectivity index (χ4n) is 3.62. The second kappa shape index (κ2) is 10.8. The Morgan fingerprint density at radius 3 is 2.44 bits per heavy atom. The minimum Gasteiger partial charge on any atom is -0.493 e. The first-order valence-corrected chi connectivity index (χ1v) is 11.3. The first kappa shape index (κ1) is 24.6. The van der Waals surface area contributed by atoms with Crippen LogP contribution in [0.25, 0.3) is 6.08 Å². The molecule has 0 saturated carbocycles. The Balaban J connectivity index is 1.44. The lowest BCUT2D eigenvalue weighted by Gasteiger charge is -2.25. The predicted molar refractivity (Wildman–Crippen MR) is 131 cm³/mol. The van der Waals surface area contributed by atoms with Crippen LogP contribution in [0.5, 0.6) is 17.2 Å². The molecule has 9 heteroatoms. The van der Waals surface area contributed by atoms with E-state index in [1.54, 1.807) is 30.3 Å². The average molecular weight is 491 g/mol. The standard InChI is InChI=1S/C27H26N2O7/c1-17-6-7-18(2)23(13-17)36-12-11-35-22-9-8-19(15-24(22)33-3)14-21-25(30)28-27(32)29(26(21)31)16-20-5-4-10-34-20/h4-10,13-15H,11-12,16H2,1-3H3,(H,28,30,32). The number of ether oxygens (including phenoxy) is 3. The number of urea groups is 1. The lowest BCUT2D eigenvalue weighted by Crippen LogP contribution is -2.53. The molecule has 2 aromatic carbocycles. The van der Waals surface area contributed by atoms with Gasteiger partial charge in [0.2, 0.25) is 0 Å². The Hall–Kier alpha value is -4.53. The minimum atomic E-state index is -0.803. The van der Waals surface area contributed by atoms with Crippen molar-refractivity contribution in [3.05, 3.63) is 82.8 Å². The molecule has 1 fully saturated rings. The van der Waals surface area contributed by atoms with Gasteiger partial charge in [0, 0.05) is 0 Å². The van der Waals surface area contributed by atoms with Gasteiger partial charge in [-0.25, -0.2) is 4.79 Å². The third kappa shape index (κ3) is 5.57. The first-order valence-electron chi connectivity index (χ1n) is 11.3. The Labute approximate surface area is 208 Å². The molecule has 4 amide bonds. The zero-order valence-electron chi connectivity index (χ0n) is 20.2. The van der Waals surface area contributed by atoms with Crippen LogP contribution in [0.15, 0.2) is 64.8 Å². The lowest BCUT2D eigenvalue weighted by atomic mass is 10.1. The minimum absolute atomic E-state index is 0.0947. The van der Waals surface area contributed by atoms with Gasteiger partial charge in [0.1, 0.15) is 30.3 Å². The van der Waals surface area contributed by atoms with Crippen molar-refractivity contribution in [3.8, 4) is 17.2 Å². The molecule has 0 radical (unpaired) electrons. The number of carbonyl (C=O) groups excluding carboxylic acids is 3. The summed E-state index contributed by atoms with van der Waals surface area (Å²) in [7, 11) is 1.49. The molecule has 9 nitrogen and oxygen atoms in total. The van der Waals surface area contributed by atoms with Crippen molar-refractivity contribution in [1.82, 2.24) is 10.2 Å². The largest absolute Gasteiger partial charge is 0.493 e. The molecule has 1 N–H and O–H groups in total. The number of imide groups is 2. The molecule has 1 saturated heterocycles. The van der Waals surface area contributed by atoms with E-state index >= 15 is 0 Å². The fourth-order valence-corrected chi connectivity index (χ4v) is 3.62. The van der Waals surface area contributed by atoms with Crippen LogP contribution in [-0.2, 0) is 16.1 Å². The van der Waals surface area contributed by atoms with Crippen molar-refractivity contribution in [2.45, 2.75) is 20.4 Å². The van der Waals surface area contributed by atoms with E-state index in [4.69, 9.17) is 18.6 Å². The molecule has 0 aliphatic carbocycles. The van der Waals surface area contributed by atoms with Crippen LogP contribution in [0.3, 0.4) is 0 Å². The van der Waals surface area contributed by atoms with E-state index in [0.717, 1.165) is 21.8 Å². The molecular weight excluding hydrogens is 464 g/mol. The van der Waals surface area contributed by atoms with Crippen molar-refractivity contribution >= 4 is 23.9 Å². The Morgan fingerprint density at radius 2 is 1.72 bits per heavy atom. The number of amides is 4. The predicted octanol–water partition coefficient (Wildman–Crippen LogP) is 4.02. The number of benzene rings is 2. The number of aryl methyl sites for hydroxylation is 2. The zero-order valence-corrected chi connectivity index (χ0v) is 20.2. The summed E-state index contributed by atoms with van der Waals surface area (Å²) in [4.78, 5) is 38.4. The average Bonchev–Trinajstić information content (AvgIpc) is 3.38. The fraction of sp³-hybridized carbons (Fsp3) is 0.222. The molecule has 2 heterocycles. The lowest BCUT2D eigenvalue weighted by molar-refractivity contribution is -0.130. The van der Waals surface area contributed by atoms with Crippen LogP contribution >= 0.6 is 0 Å². The van der Waals surface area contributed by atoms with E-state index in [1.165, 1.54) is 19.4 Å². The van der Waals surface area contributed by atoms with Gasteiger partial charge < -0.3 is 18.6 Å². The number of carbonyl (C=O) groups is 3. The third-order valence-corrected chi connectivity index (χ3v) is 5.52. The van der Waals surface area contributed by atoms with Crippen molar-refractivity contribution in [3.63, 3.8) is 0 Å². The van der Waals surface area contributed by atoms with Gasteiger partial charge in [-0.3, -0.25) is 19.8 Å². The first-order chi connectivity index (χ1) is 17.4. The van der Waals surface area contributed by atoms with Crippen LogP contribution < -0.4 is 19.5 Å². The molecule has 1 aliphatic rings. The molecule has 36 heavy (non-hydrogen) atoms. The molecule has 3 aromatic rings. The van der Waals surface area contributed by atoms with Crippen molar-refractivity contribution in [2.24, 2.45) is 0 Å². The molecule has 0 spiro atoms. The number of hydrogen-bond acceptors (Lipinski definition) is 7. The highest BCUT2D eigenvalue weighted by atomic mass is 16.5. The van der Waals surface area contributed by atoms with Gasteiger partial charge in [0.25, 0.3) is 11.8 Å². The highest BCUT2D eigenvalue weighted by Gasteiger charge is 2.36. The van der Waals surface area contributed by atoms with E-state index in [0.29, 0.717) is 29.4 Å². The molecule has 0 unspecified atom stereocenters. The van der Waals surface area contributed by atoms with E-state index in [-0.39, 0.29) is 18.7 Å². The molecule has 1 aromatic heterocycles. The Morgan fingerprint density at radius 1 is 0.944 bits per heavy atom. The van der Waals surface area contributed by atoms with E-state index < -0.39 is 17.8 Å². The van der Waals surface area contributed by atoms with Gasteiger partial charge in [0.05, 0.1) is 19.9 Å². The van der Waals surface area contributed by atoms with Crippen LogP contribution in [0.4, 0.5) is 4.79 Å². The summed E-state index contributed by atoms with van der Waals surface area (Å²) in [5, 5.41) is 2.19. The Kier molecular flexibility index (Phi) is 7.39. The summed E-state index contributed by atoms with van der Waals surface area (Å²) < 4.78 is 22.3. The summed E-state index contributed by atoms with van der Waals surface area (Å²) in [6.07, 6.45) is 2.84. The number of hydrogen-bond donors (Lipinski definition) is 1. The van der Waals surface area contributed by atoms with Crippen molar-refractivity contribution in [2.75, 3.05) is 20.3 Å². The van der Waals surface area contributed by atoms with Crippen LogP contribution in [-0.4, -0.2) is 43.1 Å². The monoisotopic (exact) mass is 490 g/mol. The molecule has 186 valence electrons. The van der Waals surface area contributed by atoms with Gasteiger partial charge in [-0.2, -0.15) is 0 Å². The summed E-state index contributed by atoms with van der Waals surface area (Å²) in [5.41, 5.74) is 2.50. The molecule has 1 aliphatic heterocycles. The van der Waals surface area contributed by atoms with Gasteiger partial charge in [0.15, 0.2) is 11.5 Å². The third-order valence-electron chi connectivity index (χ3n) is 5.52. The molecular formula is C27H26N2O7. The van der Waals surface area contributed by atoms with Crippen molar-refractivity contribution in [1.29, 1.82) is 0 Å². The number of barbiturate groups is 1. The maximum Gasteiger partial charge on any atom is 0.331 e. The number of nitrogens with one attached hydrogen (secondary N) is 1.